The van der Waals surface area contributed by atoms with Crippen LogP contribution in [-0.2, 0) is 9.59 Å². The number of ether oxygens (including phenoxy) is 1. The minimum Gasteiger partial charge on any atom is -0.495 e. The molecular formula is C20H25N3O3. The van der Waals surface area contributed by atoms with E-state index in [4.69, 9.17) is 4.74 Å². The van der Waals surface area contributed by atoms with E-state index in [2.05, 4.69) is 16.0 Å². The molecule has 2 atom stereocenters. The monoisotopic (exact) mass is 355 g/mol. The van der Waals surface area contributed by atoms with Crippen LogP contribution in [0, 0.1) is 0 Å². The maximum absolute atomic E-state index is 12.5. The van der Waals surface area contributed by atoms with Gasteiger partial charge >= 0.3 is 0 Å². The van der Waals surface area contributed by atoms with Crippen molar-refractivity contribution >= 4 is 23.2 Å². The molecule has 0 heterocycles. The Kier molecular flexibility index (Phi) is 6.60. The Morgan fingerprint density at radius 2 is 1.73 bits per heavy atom. The summed E-state index contributed by atoms with van der Waals surface area (Å²) < 4.78 is 5.33. The van der Waals surface area contributed by atoms with Gasteiger partial charge in [-0.25, -0.2) is 0 Å². The molecule has 2 aromatic carbocycles. The molecule has 0 saturated carbocycles. The molecule has 2 rings (SSSR count). The lowest BCUT2D eigenvalue weighted by Gasteiger charge is -2.21. The number of carbonyl (C=O) groups excluding carboxylic acids is 2. The van der Waals surface area contributed by atoms with Crippen LogP contribution in [0.4, 0.5) is 11.4 Å². The standard InChI is InChI=1S/C20H25N3O3/c1-13(16-8-6-5-7-9-16)22-20(25)14(2)21-18-12-17(23-15(3)24)10-11-19(18)26-4/h5-14,21H,1-4H3,(H,22,25)(H,23,24). The van der Waals surface area contributed by atoms with Crippen molar-refractivity contribution in [1.29, 1.82) is 0 Å². The Morgan fingerprint density at radius 3 is 2.35 bits per heavy atom. The number of benzene rings is 2. The highest BCUT2D eigenvalue weighted by Crippen LogP contribution is 2.28. The number of carbonyl (C=O) groups is 2. The van der Waals surface area contributed by atoms with Gasteiger partial charge in [0.2, 0.25) is 11.8 Å². The first-order chi connectivity index (χ1) is 12.4. The number of nitrogens with one attached hydrogen (secondary N) is 3. The van der Waals surface area contributed by atoms with Gasteiger partial charge < -0.3 is 20.7 Å². The van der Waals surface area contributed by atoms with Gasteiger partial charge in [-0.1, -0.05) is 30.3 Å². The number of hydrogen-bond acceptors (Lipinski definition) is 4. The molecule has 0 aromatic heterocycles. The highest BCUT2D eigenvalue weighted by Gasteiger charge is 2.17. The van der Waals surface area contributed by atoms with Crippen LogP contribution < -0.4 is 20.7 Å². The molecule has 0 aliphatic rings. The summed E-state index contributed by atoms with van der Waals surface area (Å²) in [6.07, 6.45) is 0. The third-order valence-electron chi connectivity index (χ3n) is 3.94. The zero-order valence-corrected chi connectivity index (χ0v) is 15.5. The van der Waals surface area contributed by atoms with Gasteiger partial charge in [0, 0.05) is 12.6 Å². The quantitative estimate of drug-likeness (QED) is 0.712. The molecule has 6 nitrogen and oxygen atoms in total. The summed E-state index contributed by atoms with van der Waals surface area (Å²) in [4.78, 5) is 23.7. The first-order valence-electron chi connectivity index (χ1n) is 8.48. The number of hydrogen-bond donors (Lipinski definition) is 3. The van der Waals surface area contributed by atoms with E-state index >= 15 is 0 Å². The van der Waals surface area contributed by atoms with Gasteiger partial charge in [0.25, 0.3) is 0 Å². The summed E-state index contributed by atoms with van der Waals surface area (Å²) in [6, 6.07) is 14.4. The van der Waals surface area contributed by atoms with E-state index in [9.17, 15) is 9.59 Å². The number of anilines is 2. The van der Waals surface area contributed by atoms with Crippen LogP contribution in [-0.4, -0.2) is 25.0 Å². The van der Waals surface area contributed by atoms with Crippen LogP contribution in [0.15, 0.2) is 48.5 Å². The fourth-order valence-corrected chi connectivity index (χ4v) is 2.56. The highest BCUT2D eigenvalue weighted by molar-refractivity contribution is 5.90. The van der Waals surface area contributed by atoms with E-state index in [1.807, 2.05) is 37.3 Å². The van der Waals surface area contributed by atoms with Gasteiger partial charge in [-0.3, -0.25) is 9.59 Å². The van der Waals surface area contributed by atoms with E-state index in [0.717, 1.165) is 5.56 Å². The van der Waals surface area contributed by atoms with Crippen LogP contribution in [0.5, 0.6) is 5.75 Å². The smallest absolute Gasteiger partial charge is 0.242 e. The molecule has 0 bridgehead atoms. The second kappa shape index (κ2) is 8.89. The topological polar surface area (TPSA) is 79.5 Å². The van der Waals surface area contributed by atoms with Crippen LogP contribution in [0.1, 0.15) is 32.4 Å². The largest absolute Gasteiger partial charge is 0.495 e. The minimum atomic E-state index is -0.484. The Hall–Kier alpha value is -3.02. The molecular weight excluding hydrogens is 330 g/mol. The fraction of sp³-hybridized carbons (Fsp3) is 0.300. The van der Waals surface area contributed by atoms with Crippen LogP contribution >= 0.6 is 0 Å². The first-order valence-corrected chi connectivity index (χ1v) is 8.48. The van der Waals surface area contributed by atoms with Gasteiger partial charge in [0.05, 0.1) is 18.8 Å². The van der Waals surface area contributed by atoms with Crippen molar-refractivity contribution in [1.82, 2.24) is 5.32 Å². The van der Waals surface area contributed by atoms with Crippen molar-refractivity contribution < 1.29 is 14.3 Å². The number of amides is 2. The second-order valence-electron chi connectivity index (χ2n) is 6.10. The van der Waals surface area contributed by atoms with Gasteiger partial charge in [-0.2, -0.15) is 0 Å². The summed E-state index contributed by atoms with van der Waals surface area (Å²) in [7, 11) is 1.56. The molecule has 3 N–H and O–H groups in total. The summed E-state index contributed by atoms with van der Waals surface area (Å²) in [5.41, 5.74) is 2.30. The van der Waals surface area contributed by atoms with Crippen molar-refractivity contribution in [3.8, 4) is 5.75 Å². The molecule has 138 valence electrons. The number of rotatable bonds is 7. The predicted molar refractivity (Wildman–Crippen MR) is 103 cm³/mol. The lowest BCUT2D eigenvalue weighted by Crippen LogP contribution is -2.38. The Morgan fingerprint density at radius 1 is 1.04 bits per heavy atom. The molecule has 0 fully saturated rings. The average molecular weight is 355 g/mol. The molecule has 0 radical (unpaired) electrons. The number of methoxy groups -OCH3 is 1. The van der Waals surface area contributed by atoms with Crippen molar-refractivity contribution in [2.45, 2.75) is 32.9 Å². The summed E-state index contributed by atoms with van der Waals surface area (Å²) in [5.74, 6) is 0.298. The van der Waals surface area contributed by atoms with Gasteiger partial charge in [-0.05, 0) is 37.6 Å². The van der Waals surface area contributed by atoms with Crippen molar-refractivity contribution in [2.75, 3.05) is 17.7 Å². The zero-order chi connectivity index (χ0) is 19.1. The molecule has 0 aliphatic heterocycles. The SMILES string of the molecule is COc1ccc(NC(C)=O)cc1NC(C)C(=O)NC(C)c1ccccc1. The van der Waals surface area contributed by atoms with E-state index in [1.54, 1.807) is 32.2 Å². The van der Waals surface area contributed by atoms with Crippen molar-refractivity contribution in [2.24, 2.45) is 0 Å². The average Bonchev–Trinajstić information content (AvgIpc) is 2.62. The van der Waals surface area contributed by atoms with Gasteiger partial charge in [-0.15, -0.1) is 0 Å². The summed E-state index contributed by atoms with van der Waals surface area (Å²) >= 11 is 0. The Labute approximate surface area is 153 Å². The lowest BCUT2D eigenvalue weighted by molar-refractivity contribution is -0.122. The van der Waals surface area contributed by atoms with Gasteiger partial charge in [0.15, 0.2) is 0 Å². The van der Waals surface area contributed by atoms with Gasteiger partial charge in [0.1, 0.15) is 11.8 Å². The summed E-state index contributed by atoms with van der Waals surface area (Å²) in [5, 5.41) is 8.85. The summed E-state index contributed by atoms with van der Waals surface area (Å²) in [6.45, 7) is 5.16. The molecule has 6 heteroatoms. The van der Waals surface area contributed by atoms with E-state index < -0.39 is 6.04 Å². The van der Waals surface area contributed by atoms with E-state index in [-0.39, 0.29) is 17.9 Å². The van der Waals surface area contributed by atoms with E-state index in [1.165, 1.54) is 6.92 Å². The van der Waals surface area contributed by atoms with Crippen LogP contribution in [0.2, 0.25) is 0 Å². The molecule has 2 unspecified atom stereocenters. The van der Waals surface area contributed by atoms with Crippen LogP contribution in [0.25, 0.3) is 0 Å². The molecule has 0 saturated heterocycles. The van der Waals surface area contributed by atoms with Crippen molar-refractivity contribution in [3.63, 3.8) is 0 Å². The molecule has 26 heavy (non-hydrogen) atoms. The third-order valence-corrected chi connectivity index (χ3v) is 3.94. The predicted octanol–water partition coefficient (Wildman–Crippen LogP) is 3.33. The Bertz CT molecular complexity index is 762. The molecule has 0 spiro atoms. The third kappa shape index (κ3) is 5.24. The lowest BCUT2D eigenvalue weighted by atomic mass is 10.1. The maximum Gasteiger partial charge on any atom is 0.242 e. The molecule has 2 amide bonds. The first kappa shape index (κ1) is 19.3. The normalized spacial score (nSPS) is 12.6. The van der Waals surface area contributed by atoms with E-state index in [0.29, 0.717) is 17.1 Å². The fourth-order valence-electron chi connectivity index (χ4n) is 2.56. The van der Waals surface area contributed by atoms with Crippen molar-refractivity contribution in [3.05, 3.63) is 54.1 Å². The molecule has 2 aromatic rings. The van der Waals surface area contributed by atoms with Crippen LogP contribution in [0.3, 0.4) is 0 Å². The maximum atomic E-state index is 12.5. The Balaban J connectivity index is 2.06. The second-order valence-corrected chi connectivity index (χ2v) is 6.10. The minimum absolute atomic E-state index is 0.0967. The highest BCUT2D eigenvalue weighted by atomic mass is 16.5. The molecule has 0 aliphatic carbocycles. The zero-order valence-electron chi connectivity index (χ0n) is 15.5.